The van der Waals surface area contributed by atoms with E-state index in [0.717, 1.165) is 37.5 Å². The van der Waals surface area contributed by atoms with Gasteiger partial charge >= 0.3 is 0 Å². The third-order valence-electron chi connectivity index (χ3n) is 4.31. The van der Waals surface area contributed by atoms with Crippen molar-refractivity contribution < 1.29 is 13.9 Å². The highest BCUT2D eigenvalue weighted by molar-refractivity contribution is 6.04. The summed E-state index contributed by atoms with van der Waals surface area (Å²) >= 11 is 0. The maximum Gasteiger partial charge on any atom is 0.258 e. The molecule has 1 amide bonds. The van der Waals surface area contributed by atoms with Gasteiger partial charge in [-0.05, 0) is 49.2 Å². The van der Waals surface area contributed by atoms with E-state index in [2.05, 4.69) is 22.1 Å². The SMILES string of the molecule is C[C@@H]1CCN(CCOc2ccc(NC(=O)c3ccncc3F)cc2)C1. The number of carbonyl (C=O) groups excluding carboxylic acids is 1. The van der Waals surface area contributed by atoms with E-state index in [4.69, 9.17) is 4.74 Å². The van der Waals surface area contributed by atoms with Crippen LogP contribution in [0.4, 0.5) is 10.1 Å². The number of rotatable bonds is 6. The van der Waals surface area contributed by atoms with Crippen LogP contribution in [0.15, 0.2) is 42.7 Å². The van der Waals surface area contributed by atoms with Crippen LogP contribution in [0.5, 0.6) is 5.75 Å². The zero-order chi connectivity index (χ0) is 17.6. The van der Waals surface area contributed by atoms with Gasteiger partial charge in [-0.3, -0.25) is 14.7 Å². The van der Waals surface area contributed by atoms with E-state index >= 15 is 0 Å². The molecule has 132 valence electrons. The van der Waals surface area contributed by atoms with Gasteiger partial charge < -0.3 is 10.1 Å². The minimum Gasteiger partial charge on any atom is -0.492 e. The summed E-state index contributed by atoms with van der Waals surface area (Å²) in [5, 5.41) is 2.66. The maximum atomic E-state index is 13.6. The lowest BCUT2D eigenvalue weighted by atomic mass is 10.2. The fourth-order valence-electron chi connectivity index (χ4n) is 2.91. The highest BCUT2D eigenvalue weighted by Crippen LogP contribution is 2.18. The monoisotopic (exact) mass is 343 g/mol. The lowest BCUT2D eigenvalue weighted by Gasteiger charge is -2.15. The van der Waals surface area contributed by atoms with Gasteiger partial charge in [-0.1, -0.05) is 6.92 Å². The van der Waals surface area contributed by atoms with Crippen LogP contribution in [0.1, 0.15) is 23.7 Å². The van der Waals surface area contributed by atoms with Gasteiger partial charge in [-0.25, -0.2) is 4.39 Å². The molecule has 1 atom stereocenters. The van der Waals surface area contributed by atoms with Crippen LogP contribution in [0.2, 0.25) is 0 Å². The van der Waals surface area contributed by atoms with E-state index in [1.54, 1.807) is 24.3 Å². The Morgan fingerprint density at radius 1 is 1.36 bits per heavy atom. The molecule has 0 saturated carbocycles. The van der Waals surface area contributed by atoms with E-state index in [0.29, 0.717) is 12.3 Å². The molecule has 1 N–H and O–H groups in total. The van der Waals surface area contributed by atoms with Crippen LogP contribution in [0.25, 0.3) is 0 Å². The van der Waals surface area contributed by atoms with Crippen molar-refractivity contribution in [3.05, 3.63) is 54.1 Å². The Kier molecular flexibility index (Phi) is 5.60. The van der Waals surface area contributed by atoms with Gasteiger partial charge in [-0.15, -0.1) is 0 Å². The third-order valence-corrected chi connectivity index (χ3v) is 4.31. The van der Waals surface area contributed by atoms with Crippen molar-refractivity contribution in [3.8, 4) is 5.75 Å². The Hall–Kier alpha value is -2.47. The van der Waals surface area contributed by atoms with Gasteiger partial charge in [0.25, 0.3) is 5.91 Å². The van der Waals surface area contributed by atoms with Gasteiger partial charge in [0, 0.05) is 25.0 Å². The first-order chi connectivity index (χ1) is 12.1. The normalized spacial score (nSPS) is 17.4. The first-order valence-electron chi connectivity index (χ1n) is 8.48. The number of amides is 1. The van der Waals surface area contributed by atoms with Crippen molar-refractivity contribution in [1.29, 1.82) is 0 Å². The molecule has 1 aliphatic rings. The van der Waals surface area contributed by atoms with Crippen LogP contribution in [-0.4, -0.2) is 42.0 Å². The molecule has 6 heteroatoms. The molecule has 0 bridgehead atoms. The molecule has 0 spiro atoms. The Labute approximate surface area is 146 Å². The lowest BCUT2D eigenvalue weighted by molar-refractivity contribution is 0.102. The summed E-state index contributed by atoms with van der Waals surface area (Å²) in [6.45, 7) is 6.11. The Morgan fingerprint density at radius 3 is 2.84 bits per heavy atom. The standard InChI is InChI=1S/C19H22FN3O2/c1-14-7-9-23(13-14)10-11-25-16-4-2-15(3-5-16)22-19(24)17-6-8-21-12-18(17)20/h2-6,8,12,14H,7,9-11,13H2,1H3,(H,22,24)/t14-/m1/s1. The Bertz CT molecular complexity index is 721. The molecule has 2 heterocycles. The number of halogens is 1. The second-order valence-electron chi connectivity index (χ2n) is 6.38. The molecule has 2 aromatic rings. The number of anilines is 1. The Balaban J connectivity index is 1.48. The largest absolute Gasteiger partial charge is 0.492 e. The lowest BCUT2D eigenvalue weighted by Crippen LogP contribution is -2.25. The number of hydrogen-bond acceptors (Lipinski definition) is 4. The smallest absolute Gasteiger partial charge is 0.258 e. The van der Waals surface area contributed by atoms with Gasteiger partial charge in [-0.2, -0.15) is 0 Å². The molecule has 3 rings (SSSR count). The van der Waals surface area contributed by atoms with Gasteiger partial charge in [0.15, 0.2) is 5.82 Å². The molecule has 0 unspecified atom stereocenters. The second kappa shape index (κ2) is 8.07. The summed E-state index contributed by atoms with van der Waals surface area (Å²) in [6, 6.07) is 8.42. The second-order valence-corrected chi connectivity index (χ2v) is 6.38. The van der Waals surface area contributed by atoms with Gasteiger partial charge in [0.1, 0.15) is 12.4 Å². The van der Waals surface area contributed by atoms with Crippen LogP contribution < -0.4 is 10.1 Å². The summed E-state index contributed by atoms with van der Waals surface area (Å²) in [7, 11) is 0. The molecule has 1 aromatic carbocycles. The first kappa shape index (κ1) is 17.4. The topological polar surface area (TPSA) is 54.5 Å². The summed E-state index contributed by atoms with van der Waals surface area (Å²) < 4.78 is 19.3. The molecule has 1 aromatic heterocycles. The fourth-order valence-corrected chi connectivity index (χ4v) is 2.91. The summed E-state index contributed by atoms with van der Waals surface area (Å²) in [4.78, 5) is 18.1. The zero-order valence-corrected chi connectivity index (χ0v) is 14.2. The molecular formula is C19H22FN3O2. The van der Waals surface area contributed by atoms with E-state index in [-0.39, 0.29) is 5.56 Å². The van der Waals surface area contributed by atoms with Crippen molar-refractivity contribution in [2.24, 2.45) is 5.92 Å². The molecule has 1 saturated heterocycles. The van der Waals surface area contributed by atoms with E-state index in [9.17, 15) is 9.18 Å². The molecule has 1 aliphatic heterocycles. The van der Waals surface area contributed by atoms with Crippen molar-refractivity contribution in [2.75, 3.05) is 31.6 Å². The molecule has 1 fully saturated rings. The first-order valence-corrected chi connectivity index (χ1v) is 8.48. The van der Waals surface area contributed by atoms with Crippen LogP contribution in [0, 0.1) is 11.7 Å². The highest BCUT2D eigenvalue weighted by Gasteiger charge is 2.17. The molecular weight excluding hydrogens is 321 g/mol. The molecule has 0 radical (unpaired) electrons. The third kappa shape index (κ3) is 4.76. The number of likely N-dealkylation sites (tertiary alicyclic amines) is 1. The van der Waals surface area contributed by atoms with Crippen LogP contribution in [0.3, 0.4) is 0 Å². The predicted octanol–water partition coefficient (Wildman–Crippen LogP) is 3.19. The molecule has 5 nitrogen and oxygen atoms in total. The highest BCUT2D eigenvalue weighted by atomic mass is 19.1. The van der Waals surface area contributed by atoms with Crippen LogP contribution in [-0.2, 0) is 0 Å². The minimum absolute atomic E-state index is 0.0323. The number of hydrogen-bond donors (Lipinski definition) is 1. The van der Waals surface area contributed by atoms with E-state index < -0.39 is 11.7 Å². The van der Waals surface area contributed by atoms with Crippen LogP contribution >= 0.6 is 0 Å². The summed E-state index contributed by atoms with van der Waals surface area (Å²) in [5.41, 5.74) is 0.553. The zero-order valence-electron chi connectivity index (χ0n) is 14.2. The molecule has 0 aliphatic carbocycles. The summed E-state index contributed by atoms with van der Waals surface area (Å²) in [6.07, 6.45) is 3.66. The number of ether oxygens (including phenoxy) is 1. The number of aromatic nitrogens is 1. The van der Waals surface area contributed by atoms with E-state index in [1.807, 2.05) is 0 Å². The van der Waals surface area contributed by atoms with Crippen molar-refractivity contribution in [3.63, 3.8) is 0 Å². The minimum atomic E-state index is -0.642. The predicted molar refractivity (Wildman–Crippen MR) is 94.3 cm³/mol. The quantitative estimate of drug-likeness (QED) is 0.875. The fraction of sp³-hybridized carbons (Fsp3) is 0.368. The van der Waals surface area contributed by atoms with Gasteiger partial charge in [0.2, 0.25) is 0 Å². The van der Waals surface area contributed by atoms with Crippen molar-refractivity contribution >= 4 is 11.6 Å². The number of benzene rings is 1. The summed E-state index contributed by atoms with van der Waals surface area (Å²) in [5.74, 6) is 0.376. The Morgan fingerprint density at radius 2 is 2.16 bits per heavy atom. The average Bonchev–Trinajstić information content (AvgIpc) is 3.02. The number of carbonyl (C=O) groups is 1. The molecule has 25 heavy (non-hydrogen) atoms. The van der Waals surface area contributed by atoms with E-state index in [1.165, 1.54) is 18.7 Å². The van der Waals surface area contributed by atoms with Crippen molar-refractivity contribution in [2.45, 2.75) is 13.3 Å². The number of nitrogens with one attached hydrogen (secondary N) is 1. The average molecular weight is 343 g/mol. The van der Waals surface area contributed by atoms with Gasteiger partial charge in [0.05, 0.1) is 11.8 Å². The maximum absolute atomic E-state index is 13.6. The number of pyridine rings is 1. The van der Waals surface area contributed by atoms with Crippen molar-refractivity contribution in [1.82, 2.24) is 9.88 Å². The number of nitrogens with zero attached hydrogens (tertiary/aromatic N) is 2.